The van der Waals surface area contributed by atoms with E-state index in [1.807, 2.05) is 0 Å². The first-order valence-corrected chi connectivity index (χ1v) is 12.9. The maximum Gasteiger partial charge on any atom is 0.416 e. The molecule has 0 spiro atoms. The molecule has 1 aromatic heterocycles. The molecule has 2 aromatic carbocycles. The molecule has 2 N–H and O–H groups in total. The zero-order valence-corrected chi connectivity index (χ0v) is 20.6. The van der Waals surface area contributed by atoms with Crippen molar-refractivity contribution in [1.29, 1.82) is 0 Å². The van der Waals surface area contributed by atoms with Crippen molar-refractivity contribution in [3.05, 3.63) is 106 Å². The molecule has 196 valence electrons. The van der Waals surface area contributed by atoms with Crippen molar-refractivity contribution in [2.45, 2.75) is 31.0 Å². The molecule has 0 saturated carbocycles. The van der Waals surface area contributed by atoms with E-state index in [-0.39, 0.29) is 35.1 Å². The van der Waals surface area contributed by atoms with Gasteiger partial charge in [0.25, 0.3) is 11.5 Å². The van der Waals surface area contributed by atoms with Gasteiger partial charge in [-0.25, -0.2) is 8.42 Å². The summed E-state index contributed by atoms with van der Waals surface area (Å²) in [4.78, 5) is 25.8. The van der Waals surface area contributed by atoms with Gasteiger partial charge in [-0.1, -0.05) is 30.4 Å². The first-order chi connectivity index (χ1) is 17.4. The van der Waals surface area contributed by atoms with Crippen molar-refractivity contribution in [2.75, 3.05) is 12.4 Å². The SMILES string of the molecule is Cc1ccc(C(=O)NCc2ccc(S(=O)(=O)CC=CCCO)cc2)c(=O)n1-c1cccc(C(F)(F)F)c1. The number of nitrogens with one attached hydrogen (secondary N) is 1. The molecule has 1 heterocycles. The number of aliphatic hydroxyl groups excluding tert-OH is 1. The molecule has 0 aliphatic carbocycles. The van der Waals surface area contributed by atoms with Crippen LogP contribution in [-0.2, 0) is 22.6 Å². The highest BCUT2D eigenvalue weighted by molar-refractivity contribution is 7.91. The van der Waals surface area contributed by atoms with Gasteiger partial charge in [0.2, 0.25) is 0 Å². The molecule has 0 unspecified atom stereocenters. The van der Waals surface area contributed by atoms with Crippen LogP contribution in [0.1, 0.15) is 33.6 Å². The lowest BCUT2D eigenvalue weighted by atomic mass is 10.1. The Morgan fingerprint density at radius 3 is 2.41 bits per heavy atom. The number of alkyl halides is 3. The summed E-state index contributed by atoms with van der Waals surface area (Å²) in [6.45, 7) is 1.46. The number of halogens is 3. The van der Waals surface area contributed by atoms with Gasteiger partial charge in [-0.15, -0.1) is 0 Å². The first-order valence-electron chi connectivity index (χ1n) is 11.2. The van der Waals surface area contributed by atoms with Gasteiger partial charge in [0.1, 0.15) is 5.56 Å². The largest absolute Gasteiger partial charge is 0.416 e. The van der Waals surface area contributed by atoms with Gasteiger partial charge in [-0.3, -0.25) is 14.2 Å². The number of aryl methyl sites for hydroxylation is 1. The molecule has 11 heteroatoms. The minimum atomic E-state index is -4.59. The van der Waals surface area contributed by atoms with Crippen LogP contribution in [0.2, 0.25) is 0 Å². The van der Waals surface area contributed by atoms with E-state index < -0.39 is 33.0 Å². The third-order valence-electron chi connectivity index (χ3n) is 5.47. The van der Waals surface area contributed by atoms with Crippen molar-refractivity contribution >= 4 is 15.7 Å². The second-order valence-corrected chi connectivity index (χ2v) is 10.2. The second kappa shape index (κ2) is 11.6. The molecule has 7 nitrogen and oxygen atoms in total. The molecular weight excluding hydrogens is 509 g/mol. The van der Waals surface area contributed by atoms with Crippen molar-refractivity contribution in [3.63, 3.8) is 0 Å². The highest BCUT2D eigenvalue weighted by Gasteiger charge is 2.30. The van der Waals surface area contributed by atoms with E-state index in [4.69, 9.17) is 5.11 Å². The number of benzene rings is 2. The van der Waals surface area contributed by atoms with Gasteiger partial charge in [-0.2, -0.15) is 13.2 Å². The molecule has 0 aliphatic heterocycles. The van der Waals surface area contributed by atoms with Crippen molar-refractivity contribution in [2.24, 2.45) is 0 Å². The third-order valence-corrected chi connectivity index (χ3v) is 7.09. The Hall–Kier alpha value is -3.70. The highest BCUT2D eigenvalue weighted by Crippen LogP contribution is 2.30. The van der Waals surface area contributed by atoms with E-state index in [0.717, 1.165) is 16.7 Å². The molecule has 3 rings (SSSR count). The zero-order chi connectivity index (χ0) is 27.2. The fraction of sp³-hybridized carbons (Fsp3) is 0.231. The average Bonchev–Trinajstić information content (AvgIpc) is 2.85. The van der Waals surface area contributed by atoms with E-state index in [1.54, 1.807) is 13.0 Å². The number of aromatic nitrogens is 1. The summed E-state index contributed by atoms with van der Waals surface area (Å²) in [5.41, 5.74) is -1.03. The van der Waals surface area contributed by atoms with E-state index in [9.17, 15) is 31.2 Å². The van der Waals surface area contributed by atoms with Crippen LogP contribution < -0.4 is 10.9 Å². The molecule has 1 amide bonds. The Balaban J connectivity index is 1.76. The fourth-order valence-corrected chi connectivity index (χ4v) is 4.65. The van der Waals surface area contributed by atoms with Gasteiger partial charge in [0.15, 0.2) is 9.84 Å². The first kappa shape index (κ1) is 27.9. The number of pyridine rings is 1. The number of nitrogens with zero attached hydrogens (tertiary/aromatic N) is 1. The van der Waals surface area contributed by atoms with Crippen LogP contribution >= 0.6 is 0 Å². The number of aliphatic hydroxyl groups is 1. The van der Waals surface area contributed by atoms with Gasteiger partial charge < -0.3 is 10.4 Å². The lowest BCUT2D eigenvalue weighted by Crippen LogP contribution is -2.33. The van der Waals surface area contributed by atoms with E-state index in [2.05, 4.69) is 5.32 Å². The standard InChI is InChI=1S/C26H25F3N2O5S/c1-18-8-13-23(25(34)31(18)21-7-5-6-20(16-21)26(27,28)29)24(33)30-17-19-9-11-22(12-10-19)37(35,36)15-4-2-3-14-32/h2,4-13,16,32H,3,14-15,17H2,1H3,(H,30,33). The van der Waals surface area contributed by atoms with Crippen molar-refractivity contribution < 1.29 is 31.5 Å². The van der Waals surface area contributed by atoms with Crippen LogP contribution in [0.5, 0.6) is 0 Å². The van der Waals surface area contributed by atoms with Crippen LogP contribution in [-0.4, -0.2) is 36.4 Å². The Bertz CT molecular complexity index is 1460. The number of sulfone groups is 1. The zero-order valence-electron chi connectivity index (χ0n) is 19.8. The quantitative estimate of drug-likeness (QED) is 0.407. The second-order valence-electron chi connectivity index (χ2n) is 8.17. The maximum atomic E-state index is 13.1. The van der Waals surface area contributed by atoms with Gasteiger partial charge >= 0.3 is 6.18 Å². The minimum Gasteiger partial charge on any atom is -0.396 e. The van der Waals surface area contributed by atoms with E-state index in [0.29, 0.717) is 17.7 Å². The molecule has 0 fully saturated rings. The summed E-state index contributed by atoms with van der Waals surface area (Å²) in [7, 11) is -3.56. The van der Waals surface area contributed by atoms with Crippen molar-refractivity contribution in [1.82, 2.24) is 9.88 Å². The summed E-state index contributed by atoms with van der Waals surface area (Å²) in [5.74, 6) is -0.939. The Morgan fingerprint density at radius 2 is 1.76 bits per heavy atom. The summed E-state index contributed by atoms with van der Waals surface area (Å²) in [6.07, 6.45) is -1.19. The predicted molar refractivity (Wildman–Crippen MR) is 132 cm³/mol. The Morgan fingerprint density at radius 1 is 1.05 bits per heavy atom. The summed E-state index contributed by atoms with van der Waals surface area (Å²) < 4.78 is 65.2. The molecular formula is C26H25F3N2O5S. The smallest absolute Gasteiger partial charge is 0.396 e. The van der Waals surface area contributed by atoms with Crippen LogP contribution in [0.15, 0.2) is 82.5 Å². The van der Waals surface area contributed by atoms with E-state index in [1.165, 1.54) is 54.6 Å². The number of rotatable bonds is 9. The third kappa shape index (κ3) is 6.95. The number of carbonyl (C=O) groups is 1. The molecule has 0 saturated heterocycles. The number of carbonyl (C=O) groups excluding carboxylic acids is 1. The van der Waals surface area contributed by atoms with Gasteiger partial charge in [0.05, 0.1) is 16.2 Å². The van der Waals surface area contributed by atoms with Crippen LogP contribution in [0, 0.1) is 6.92 Å². The number of amides is 1. The molecule has 0 radical (unpaired) electrons. The van der Waals surface area contributed by atoms with Crippen LogP contribution in [0.25, 0.3) is 5.69 Å². The molecule has 0 aliphatic rings. The van der Waals surface area contributed by atoms with Crippen molar-refractivity contribution in [3.8, 4) is 5.69 Å². The average molecular weight is 535 g/mol. The molecule has 0 bridgehead atoms. The lowest BCUT2D eigenvalue weighted by Gasteiger charge is -2.14. The normalized spacial score (nSPS) is 12.1. The van der Waals surface area contributed by atoms with E-state index >= 15 is 0 Å². The minimum absolute atomic E-state index is 0.00750. The number of hydrogen-bond acceptors (Lipinski definition) is 5. The molecule has 0 atom stereocenters. The Kier molecular flexibility index (Phi) is 8.72. The van der Waals surface area contributed by atoms with Crippen LogP contribution in [0.3, 0.4) is 0 Å². The summed E-state index contributed by atoms with van der Waals surface area (Å²) >= 11 is 0. The monoisotopic (exact) mass is 534 g/mol. The highest BCUT2D eigenvalue weighted by atomic mass is 32.2. The Labute approximate surface area is 211 Å². The van der Waals surface area contributed by atoms with Crippen LogP contribution in [0.4, 0.5) is 13.2 Å². The fourth-order valence-electron chi connectivity index (χ4n) is 3.52. The summed E-state index contributed by atoms with van der Waals surface area (Å²) in [6, 6.07) is 12.9. The van der Waals surface area contributed by atoms with Gasteiger partial charge in [-0.05, 0) is 61.4 Å². The molecule has 3 aromatic rings. The molecule has 37 heavy (non-hydrogen) atoms. The van der Waals surface area contributed by atoms with Gasteiger partial charge in [0, 0.05) is 24.5 Å². The maximum absolute atomic E-state index is 13.1. The lowest BCUT2D eigenvalue weighted by molar-refractivity contribution is -0.137. The topological polar surface area (TPSA) is 105 Å². The predicted octanol–water partition coefficient (Wildman–Crippen LogP) is 3.81. The summed E-state index contributed by atoms with van der Waals surface area (Å²) in [5, 5.41) is 11.3. The number of hydrogen-bond donors (Lipinski definition) is 2.